The van der Waals surface area contributed by atoms with Crippen molar-refractivity contribution in [3.8, 4) is 0 Å². The highest BCUT2D eigenvalue weighted by Crippen LogP contribution is 2.40. The summed E-state index contributed by atoms with van der Waals surface area (Å²) in [6, 6.07) is 11.4. The molecule has 0 heterocycles. The number of rotatable bonds is 6. The average molecular weight is 395 g/mol. The van der Waals surface area contributed by atoms with Crippen LogP contribution in [0, 0.1) is 5.82 Å². The SMILES string of the molecule is COC[N-]S(=O)(=O)c1ccc(C2=C(c3ccc(F)c(Cl)c3)CCC2)cc1. The molecule has 0 aliphatic heterocycles. The molecule has 0 bridgehead atoms. The van der Waals surface area contributed by atoms with E-state index in [1.807, 2.05) is 0 Å². The number of benzene rings is 2. The quantitative estimate of drug-likeness (QED) is 0.673. The third kappa shape index (κ3) is 3.99. The van der Waals surface area contributed by atoms with Gasteiger partial charge in [-0.2, -0.15) is 0 Å². The summed E-state index contributed by atoms with van der Waals surface area (Å²) in [5, 5.41) is 0.0995. The second kappa shape index (κ2) is 7.88. The molecule has 7 heteroatoms. The van der Waals surface area contributed by atoms with Crippen LogP contribution in [0.15, 0.2) is 47.4 Å². The molecule has 1 aliphatic rings. The third-order valence-corrected chi connectivity index (χ3v) is 5.94. The molecular weight excluding hydrogens is 377 g/mol. The fourth-order valence-corrected chi connectivity index (χ4v) is 4.14. The van der Waals surface area contributed by atoms with E-state index in [4.69, 9.17) is 16.3 Å². The molecule has 26 heavy (non-hydrogen) atoms. The Labute approximate surface area is 157 Å². The molecule has 1 aliphatic carbocycles. The Morgan fingerprint density at radius 3 is 2.31 bits per heavy atom. The molecule has 0 atom stereocenters. The Balaban J connectivity index is 1.93. The predicted molar refractivity (Wildman–Crippen MR) is 101 cm³/mol. The van der Waals surface area contributed by atoms with Crippen LogP contribution in [-0.2, 0) is 14.8 Å². The lowest BCUT2D eigenvalue weighted by Gasteiger charge is -2.19. The van der Waals surface area contributed by atoms with Crippen LogP contribution in [0.25, 0.3) is 15.9 Å². The number of hydrogen-bond donors (Lipinski definition) is 0. The number of halogens is 2. The van der Waals surface area contributed by atoms with Gasteiger partial charge in [-0.3, -0.25) is 0 Å². The van der Waals surface area contributed by atoms with E-state index in [0.717, 1.165) is 41.5 Å². The van der Waals surface area contributed by atoms with Crippen molar-refractivity contribution in [3.05, 3.63) is 69.2 Å². The number of allylic oxidation sites excluding steroid dienone is 2. The monoisotopic (exact) mass is 394 g/mol. The Morgan fingerprint density at radius 2 is 1.69 bits per heavy atom. The third-order valence-electron chi connectivity index (χ3n) is 4.34. The Kier molecular flexibility index (Phi) is 5.77. The molecule has 0 fully saturated rings. The lowest BCUT2D eigenvalue weighted by atomic mass is 9.97. The van der Waals surface area contributed by atoms with Crippen LogP contribution >= 0.6 is 11.6 Å². The number of methoxy groups -OCH3 is 1. The molecule has 0 amide bonds. The van der Waals surface area contributed by atoms with Crippen LogP contribution in [0.3, 0.4) is 0 Å². The standard InChI is InChI=1S/C19H18ClFNO3S/c1-25-12-22-26(23,24)15-8-5-13(6-9-15)16-3-2-4-17(16)14-7-10-19(21)18(20)11-14/h5-11H,2-4,12H2,1H3/q-1. The van der Waals surface area contributed by atoms with E-state index in [9.17, 15) is 12.8 Å². The minimum atomic E-state index is -3.71. The second-order valence-electron chi connectivity index (χ2n) is 5.99. The number of ether oxygens (including phenoxy) is 1. The molecule has 2 aromatic carbocycles. The van der Waals surface area contributed by atoms with Crippen LogP contribution in [-0.4, -0.2) is 22.3 Å². The molecule has 0 saturated heterocycles. The summed E-state index contributed by atoms with van der Waals surface area (Å²) >= 11 is 5.91. The summed E-state index contributed by atoms with van der Waals surface area (Å²) in [6.07, 6.45) is 2.74. The summed E-state index contributed by atoms with van der Waals surface area (Å²) in [6.45, 7) is -0.204. The highest BCUT2D eigenvalue weighted by atomic mass is 35.5. The summed E-state index contributed by atoms with van der Waals surface area (Å²) in [5.41, 5.74) is 4.09. The highest BCUT2D eigenvalue weighted by Gasteiger charge is 2.19. The minimum Gasteiger partial charge on any atom is -0.522 e. The van der Waals surface area contributed by atoms with Gasteiger partial charge >= 0.3 is 0 Å². The lowest BCUT2D eigenvalue weighted by Crippen LogP contribution is -2.02. The van der Waals surface area contributed by atoms with Gasteiger partial charge in [-0.05, 0) is 72.5 Å². The smallest absolute Gasteiger partial charge is 0.141 e. The molecule has 0 N–H and O–H groups in total. The van der Waals surface area contributed by atoms with E-state index in [0.29, 0.717) is 0 Å². The molecule has 0 aromatic heterocycles. The Hall–Kier alpha value is -1.73. The maximum atomic E-state index is 13.4. The molecule has 138 valence electrons. The van der Waals surface area contributed by atoms with Crippen LogP contribution < -0.4 is 0 Å². The van der Waals surface area contributed by atoms with E-state index >= 15 is 0 Å². The maximum absolute atomic E-state index is 13.4. The lowest BCUT2D eigenvalue weighted by molar-refractivity contribution is 0.230. The predicted octanol–water partition coefficient (Wildman–Crippen LogP) is 5.24. The van der Waals surface area contributed by atoms with Gasteiger partial charge in [-0.1, -0.05) is 29.8 Å². The largest absolute Gasteiger partial charge is 0.522 e. The highest BCUT2D eigenvalue weighted by molar-refractivity contribution is 7.94. The fourth-order valence-electron chi connectivity index (χ4n) is 3.09. The summed E-state index contributed by atoms with van der Waals surface area (Å²) < 4.78 is 45.8. The van der Waals surface area contributed by atoms with E-state index in [1.54, 1.807) is 36.4 Å². The molecule has 0 spiro atoms. The number of sulfonamides is 1. The van der Waals surface area contributed by atoms with E-state index in [-0.39, 0.29) is 16.6 Å². The zero-order valence-electron chi connectivity index (χ0n) is 14.2. The zero-order chi connectivity index (χ0) is 18.7. The van der Waals surface area contributed by atoms with Gasteiger partial charge in [0.15, 0.2) is 0 Å². The van der Waals surface area contributed by atoms with Crippen molar-refractivity contribution in [1.29, 1.82) is 0 Å². The van der Waals surface area contributed by atoms with E-state index < -0.39 is 15.8 Å². The van der Waals surface area contributed by atoms with Crippen molar-refractivity contribution in [2.45, 2.75) is 24.2 Å². The van der Waals surface area contributed by atoms with Gasteiger partial charge in [0.1, 0.15) is 15.8 Å². The van der Waals surface area contributed by atoms with Crippen LogP contribution in [0.5, 0.6) is 0 Å². The van der Waals surface area contributed by atoms with Crippen molar-refractivity contribution >= 4 is 32.8 Å². The molecule has 0 unspecified atom stereocenters. The van der Waals surface area contributed by atoms with Crippen molar-refractivity contribution in [3.63, 3.8) is 0 Å². The van der Waals surface area contributed by atoms with Crippen LogP contribution in [0.4, 0.5) is 4.39 Å². The van der Waals surface area contributed by atoms with Crippen molar-refractivity contribution in [1.82, 2.24) is 0 Å². The van der Waals surface area contributed by atoms with Gasteiger partial charge in [0.2, 0.25) is 0 Å². The van der Waals surface area contributed by atoms with Gasteiger partial charge in [0.05, 0.1) is 5.02 Å². The molecular formula is C19H18ClFNO3S-. The Bertz CT molecular complexity index is 940. The summed E-state index contributed by atoms with van der Waals surface area (Å²) in [5.74, 6) is -0.440. The number of hydrogen-bond acceptors (Lipinski definition) is 3. The topological polar surface area (TPSA) is 57.5 Å². The molecule has 2 aromatic rings. The van der Waals surface area contributed by atoms with Gasteiger partial charge in [-0.25, -0.2) is 12.8 Å². The molecule has 3 rings (SSSR count). The van der Waals surface area contributed by atoms with Gasteiger partial charge in [0, 0.05) is 12.0 Å². The molecule has 0 saturated carbocycles. The Morgan fingerprint density at radius 1 is 1.08 bits per heavy atom. The normalized spacial score (nSPS) is 14.9. The second-order valence-corrected chi connectivity index (χ2v) is 8.07. The first-order valence-electron chi connectivity index (χ1n) is 8.13. The maximum Gasteiger partial charge on any atom is 0.141 e. The summed E-state index contributed by atoms with van der Waals surface area (Å²) in [4.78, 5) is 0.128. The first-order valence-corrected chi connectivity index (χ1v) is 9.95. The van der Waals surface area contributed by atoms with Gasteiger partial charge in [-0.15, -0.1) is 0 Å². The summed E-state index contributed by atoms with van der Waals surface area (Å²) in [7, 11) is -2.33. The average Bonchev–Trinajstić information content (AvgIpc) is 3.12. The number of nitrogens with zero attached hydrogens (tertiary/aromatic N) is 1. The van der Waals surface area contributed by atoms with Gasteiger partial charge < -0.3 is 9.46 Å². The molecule has 0 radical (unpaired) electrons. The first-order chi connectivity index (χ1) is 12.4. The minimum absolute atomic E-state index is 0.0995. The van der Waals surface area contributed by atoms with Crippen LogP contribution in [0.1, 0.15) is 30.4 Å². The molecule has 4 nitrogen and oxygen atoms in total. The fraction of sp³-hybridized carbons (Fsp3) is 0.263. The van der Waals surface area contributed by atoms with Crippen molar-refractivity contribution < 1.29 is 17.5 Å². The van der Waals surface area contributed by atoms with Crippen molar-refractivity contribution in [2.24, 2.45) is 0 Å². The first kappa shape index (κ1) is 19.0. The van der Waals surface area contributed by atoms with Crippen LogP contribution in [0.2, 0.25) is 5.02 Å². The zero-order valence-corrected chi connectivity index (χ0v) is 15.8. The van der Waals surface area contributed by atoms with E-state index in [2.05, 4.69) is 4.72 Å². The van der Waals surface area contributed by atoms with Gasteiger partial charge in [0.25, 0.3) is 0 Å². The van der Waals surface area contributed by atoms with E-state index in [1.165, 1.54) is 13.2 Å². The van der Waals surface area contributed by atoms with Crippen molar-refractivity contribution in [2.75, 3.05) is 13.8 Å².